The summed E-state index contributed by atoms with van der Waals surface area (Å²) in [4.78, 5) is 0. The number of benzene rings is 1. The van der Waals surface area contributed by atoms with Gasteiger partial charge in [0, 0.05) is 26.3 Å². The largest absolute Gasteiger partial charge is 0.491 e. The molecule has 0 atom stereocenters. The maximum absolute atomic E-state index is 13.8. The number of unbranched alkanes of at least 4 members (excludes halogenated alkanes) is 1. The molecule has 1 aromatic carbocycles. The van der Waals surface area contributed by atoms with Crippen molar-refractivity contribution in [3.05, 3.63) is 29.6 Å². The van der Waals surface area contributed by atoms with Gasteiger partial charge in [-0.1, -0.05) is 6.07 Å². The molecule has 0 amide bonds. The normalized spacial score (nSPS) is 14.6. The molecule has 1 saturated carbocycles. The Morgan fingerprint density at radius 1 is 1.26 bits per heavy atom. The summed E-state index contributed by atoms with van der Waals surface area (Å²) in [5, 5.41) is 3.36. The third kappa shape index (κ3) is 5.17. The molecule has 0 bridgehead atoms. The van der Waals surface area contributed by atoms with Gasteiger partial charge in [0.1, 0.15) is 0 Å². The summed E-state index contributed by atoms with van der Waals surface area (Å²) >= 11 is 0. The van der Waals surface area contributed by atoms with Gasteiger partial charge in [0.25, 0.3) is 0 Å². The van der Waals surface area contributed by atoms with E-state index in [0.717, 1.165) is 31.6 Å². The zero-order chi connectivity index (χ0) is 13.5. The number of hydrogen-bond donors (Lipinski definition) is 1. The Kier molecular flexibility index (Phi) is 5.61. The second kappa shape index (κ2) is 7.46. The molecule has 1 fully saturated rings. The highest BCUT2D eigenvalue weighted by Gasteiger charge is 2.20. The van der Waals surface area contributed by atoms with Crippen LogP contribution < -0.4 is 10.1 Å². The Hall–Kier alpha value is -1.13. The first-order valence-corrected chi connectivity index (χ1v) is 6.93. The Balaban J connectivity index is 1.73. The van der Waals surface area contributed by atoms with Gasteiger partial charge in [-0.25, -0.2) is 4.39 Å². The van der Waals surface area contributed by atoms with E-state index in [1.165, 1.54) is 12.8 Å². The fourth-order valence-electron chi connectivity index (χ4n) is 1.85. The van der Waals surface area contributed by atoms with Crippen molar-refractivity contribution in [3.8, 4) is 5.75 Å². The molecule has 0 saturated heterocycles. The third-order valence-corrected chi connectivity index (χ3v) is 3.17. The standard InChI is InChI=1S/C15H22FNO2/c1-18-8-2-3-9-19-15-7-4-12(10-14(15)16)11-17-13-5-6-13/h4,7,10,13,17H,2-3,5-6,8-9,11H2,1H3. The van der Waals surface area contributed by atoms with Crippen LogP contribution in [0, 0.1) is 5.82 Å². The highest BCUT2D eigenvalue weighted by Crippen LogP contribution is 2.21. The number of halogens is 1. The predicted octanol–water partition coefficient (Wildman–Crippen LogP) is 2.88. The monoisotopic (exact) mass is 267 g/mol. The van der Waals surface area contributed by atoms with Crippen molar-refractivity contribution >= 4 is 0 Å². The van der Waals surface area contributed by atoms with Gasteiger partial charge in [0.05, 0.1) is 6.61 Å². The number of ether oxygens (including phenoxy) is 2. The lowest BCUT2D eigenvalue weighted by Crippen LogP contribution is -2.15. The van der Waals surface area contributed by atoms with Crippen molar-refractivity contribution in [1.82, 2.24) is 5.32 Å². The molecule has 19 heavy (non-hydrogen) atoms. The van der Waals surface area contributed by atoms with Gasteiger partial charge in [-0.05, 0) is 43.4 Å². The molecule has 0 aliphatic heterocycles. The van der Waals surface area contributed by atoms with E-state index in [1.807, 2.05) is 6.07 Å². The lowest BCUT2D eigenvalue weighted by molar-refractivity contribution is 0.183. The number of hydrogen-bond acceptors (Lipinski definition) is 3. The van der Waals surface area contributed by atoms with Crippen LogP contribution in [0.3, 0.4) is 0 Å². The van der Waals surface area contributed by atoms with E-state index < -0.39 is 0 Å². The van der Waals surface area contributed by atoms with Crippen molar-refractivity contribution in [2.75, 3.05) is 20.3 Å². The van der Waals surface area contributed by atoms with Crippen molar-refractivity contribution in [3.63, 3.8) is 0 Å². The minimum Gasteiger partial charge on any atom is -0.491 e. The second-order valence-electron chi connectivity index (χ2n) is 4.97. The molecule has 106 valence electrons. The van der Waals surface area contributed by atoms with Crippen LogP contribution in [0.4, 0.5) is 4.39 Å². The van der Waals surface area contributed by atoms with Gasteiger partial charge in [-0.15, -0.1) is 0 Å². The van der Waals surface area contributed by atoms with E-state index in [-0.39, 0.29) is 5.82 Å². The average molecular weight is 267 g/mol. The molecule has 3 nitrogen and oxygen atoms in total. The lowest BCUT2D eigenvalue weighted by Gasteiger charge is -2.09. The SMILES string of the molecule is COCCCCOc1ccc(CNC2CC2)cc1F. The smallest absolute Gasteiger partial charge is 0.165 e. The fourth-order valence-corrected chi connectivity index (χ4v) is 1.85. The maximum Gasteiger partial charge on any atom is 0.165 e. The van der Waals surface area contributed by atoms with Crippen LogP contribution in [0.15, 0.2) is 18.2 Å². The minimum atomic E-state index is -0.276. The molecule has 0 spiro atoms. The van der Waals surface area contributed by atoms with E-state index in [2.05, 4.69) is 5.32 Å². The molecular formula is C15H22FNO2. The van der Waals surface area contributed by atoms with E-state index in [0.29, 0.717) is 18.4 Å². The topological polar surface area (TPSA) is 30.5 Å². The third-order valence-electron chi connectivity index (χ3n) is 3.17. The van der Waals surface area contributed by atoms with Gasteiger partial charge in [0.2, 0.25) is 0 Å². The summed E-state index contributed by atoms with van der Waals surface area (Å²) in [7, 11) is 1.68. The summed E-state index contributed by atoms with van der Waals surface area (Å²) in [6, 6.07) is 5.83. The Morgan fingerprint density at radius 2 is 2.05 bits per heavy atom. The minimum absolute atomic E-state index is 0.276. The van der Waals surface area contributed by atoms with Gasteiger partial charge in [-0.3, -0.25) is 0 Å². The molecule has 0 radical (unpaired) electrons. The molecular weight excluding hydrogens is 245 g/mol. The molecule has 1 aliphatic carbocycles. The summed E-state index contributed by atoms with van der Waals surface area (Å²) in [5.41, 5.74) is 0.969. The fraction of sp³-hybridized carbons (Fsp3) is 0.600. The second-order valence-corrected chi connectivity index (χ2v) is 4.97. The van der Waals surface area contributed by atoms with Crippen molar-refractivity contribution in [2.24, 2.45) is 0 Å². The van der Waals surface area contributed by atoms with Crippen LogP contribution in [-0.2, 0) is 11.3 Å². The molecule has 0 aromatic heterocycles. The summed E-state index contributed by atoms with van der Waals surface area (Å²) in [6.07, 6.45) is 4.29. The van der Waals surface area contributed by atoms with E-state index in [1.54, 1.807) is 19.2 Å². The highest BCUT2D eigenvalue weighted by atomic mass is 19.1. The maximum atomic E-state index is 13.8. The van der Waals surface area contributed by atoms with Crippen molar-refractivity contribution in [2.45, 2.75) is 38.3 Å². The first-order valence-electron chi connectivity index (χ1n) is 6.93. The Morgan fingerprint density at radius 3 is 2.74 bits per heavy atom. The van der Waals surface area contributed by atoms with Crippen molar-refractivity contribution in [1.29, 1.82) is 0 Å². The van der Waals surface area contributed by atoms with Crippen LogP contribution >= 0.6 is 0 Å². The molecule has 1 aromatic rings. The molecule has 4 heteroatoms. The quantitative estimate of drug-likeness (QED) is 0.698. The molecule has 0 unspecified atom stereocenters. The Bertz CT molecular complexity index is 394. The van der Waals surface area contributed by atoms with Gasteiger partial charge >= 0.3 is 0 Å². The zero-order valence-corrected chi connectivity index (χ0v) is 11.5. The number of rotatable bonds is 9. The summed E-state index contributed by atoms with van der Waals surface area (Å²) < 4.78 is 24.2. The predicted molar refractivity (Wildman–Crippen MR) is 72.9 cm³/mol. The van der Waals surface area contributed by atoms with Gasteiger partial charge in [0.15, 0.2) is 11.6 Å². The molecule has 0 heterocycles. The van der Waals surface area contributed by atoms with Crippen LogP contribution in [-0.4, -0.2) is 26.4 Å². The first-order chi connectivity index (χ1) is 9.29. The van der Waals surface area contributed by atoms with E-state index >= 15 is 0 Å². The van der Waals surface area contributed by atoms with Crippen LogP contribution in [0.1, 0.15) is 31.2 Å². The summed E-state index contributed by atoms with van der Waals surface area (Å²) in [5.74, 6) is 0.0643. The zero-order valence-electron chi connectivity index (χ0n) is 11.5. The van der Waals surface area contributed by atoms with Crippen LogP contribution in [0.5, 0.6) is 5.75 Å². The first kappa shape index (κ1) is 14.3. The van der Waals surface area contributed by atoms with E-state index in [9.17, 15) is 4.39 Å². The van der Waals surface area contributed by atoms with Crippen LogP contribution in [0.25, 0.3) is 0 Å². The van der Waals surface area contributed by atoms with Crippen LogP contribution in [0.2, 0.25) is 0 Å². The molecule has 1 N–H and O–H groups in total. The number of nitrogens with one attached hydrogen (secondary N) is 1. The number of methoxy groups -OCH3 is 1. The molecule has 2 rings (SSSR count). The van der Waals surface area contributed by atoms with Gasteiger partial charge < -0.3 is 14.8 Å². The highest BCUT2D eigenvalue weighted by molar-refractivity contribution is 5.29. The van der Waals surface area contributed by atoms with E-state index in [4.69, 9.17) is 9.47 Å². The van der Waals surface area contributed by atoms with Gasteiger partial charge in [-0.2, -0.15) is 0 Å². The molecule has 1 aliphatic rings. The summed E-state index contributed by atoms with van der Waals surface area (Å²) in [6.45, 7) is 1.98. The van der Waals surface area contributed by atoms with Crippen molar-refractivity contribution < 1.29 is 13.9 Å². The lowest BCUT2D eigenvalue weighted by atomic mass is 10.2. The average Bonchev–Trinajstić information content (AvgIpc) is 3.22. The Labute approximate surface area is 114 Å².